The Labute approximate surface area is 132 Å². The number of halogens is 1. The van der Waals surface area contributed by atoms with Gasteiger partial charge in [-0.15, -0.1) is 0 Å². The summed E-state index contributed by atoms with van der Waals surface area (Å²) in [6.07, 6.45) is 1.39. The van der Waals surface area contributed by atoms with Crippen molar-refractivity contribution < 1.29 is 0 Å². The number of rotatable bonds is 7. The minimum absolute atomic E-state index is 0.690. The Bertz CT molecular complexity index is 445. The summed E-state index contributed by atoms with van der Waals surface area (Å²) in [6, 6.07) is 6.63. The van der Waals surface area contributed by atoms with Crippen LogP contribution < -0.4 is 10.2 Å². The third-order valence-corrected chi connectivity index (χ3v) is 4.60. The van der Waals surface area contributed by atoms with E-state index in [4.69, 9.17) is 0 Å². The fourth-order valence-electron chi connectivity index (χ4n) is 2.67. The molecule has 0 heterocycles. The molecule has 0 radical (unpaired) electrons. The molecule has 0 saturated heterocycles. The minimum Gasteiger partial charge on any atom is -0.374 e. The summed E-state index contributed by atoms with van der Waals surface area (Å²) in [4.78, 5) is 2.42. The van der Waals surface area contributed by atoms with Crippen molar-refractivity contribution in [1.82, 2.24) is 5.32 Å². The van der Waals surface area contributed by atoms with Crippen LogP contribution in [-0.2, 0) is 6.54 Å². The number of nitrogens with one attached hydrogen (secondary N) is 1. The first-order valence-corrected chi connectivity index (χ1v) is 8.47. The molecule has 0 amide bonds. The van der Waals surface area contributed by atoms with E-state index in [9.17, 15) is 0 Å². The first-order chi connectivity index (χ1) is 9.47. The molecular weight excluding hydrogens is 312 g/mol. The van der Waals surface area contributed by atoms with Gasteiger partial charge in [0.1, 0.15) is 0 Å². The van der Waals surface area contributed by atoms with Crippen molar-refractivity contribution >= 4 is 21.6 Å². The van der Waals surface area contributed by atoms with E-state index in [1.165, 1.54) is 24.2 Å². The summed E-state index contributed by atoms with van der Waals surface area (Å²) >= 11 is 3.59. The van der Waals surface area contributed by atoms with Gasteiger partial charge in [0.05, 0.1) is 0 Å². The average Bonchev–Trinajstić information content (AvgIpc) is 3.04. The zero-order valence-corrected chi connectivity index (χ0v) is 14.7. The SMILES string of the molecule is CC(C)CNCc1cc(Br)ccc1N(C)CC1CC1C. The van der Waals surface area contributed by atoms with Gasteiger partial charge in [-0.1, -0.05) is 36.7 Å². The van der Waals surface area contributed by atoms with E-state index in [-0.39, 0.29) is 0 Å². The fourth-order valence-corrected chi connectivity index (χ4v) is 3.08. The standard InChI is InChI=1S/C17H27BrN2/c1-12(2)9-19-10-14-8-16(18)5-6-17(14)20(4)11-15-7-13(15)3/h5-6,8,12-13,15,19H,7,9-11H2,1-4H3. The maximum atomic E-state index is 3.59. The Kier molecular flexibility index (Phi) is 5.50. The van der Waals surface area contributed by atoms with E-state index in [1.54, 1.807) is 0 Å². The Morgan fingerprint density at radius 3 is 2.70 bits per heavy atom. The third kappa shape index (κ3) is 4.49. The number of benzene rings is 1. The van der Waals surface area contributed by atoms with Gasteiger partial charge in [0, 0.05) is 30.3 Å². The van der Waals surface area contributed by atoms with Crippen LogP contribution in [0, 0.1) is 17.8 Å². The molecule has 2 atom stereocenters. The highest BCUT2D eigenvalue weighted by Crippen LogP contribution is 2.39. The van der Waals surface area contributed by atoms with Crippen molar-refractivity contribution in [3.63, 3.8) is 0 Å². The highest BCUT2D eigenvalue weighted by molar-refractivity contribution is 9.10. The van der Waals surface area contributed by atoms with Gasteiger partial charge in [0.2, 0.25) is 0 Å². The number of anilines is 1. The molecule has 0 aliphatic heterocycles. The van der Waals surface area contributed by atoms with Crippen molar-refractivity contribution in [2.45, 2.75) is 33.7 Å². The molecule has 2 unspecified atom stereocenters. The van der Waals surface area contributed by atoms with Gasteiger partial charge in [-0.3, -0.25) is 0 Å². The highest BCUT2D eigenvalue weighted by Gasteiger charge is 2.33. The molecule has 1 N–H and O–H groups in total. The first-order valence-electron chi connectivity index (χ1n) is 7.67. The number of hydrogen-bond acceptors (Lipinski definition) is 2. The van der Waals surface area contributed by atoms with Crippen LogP contribution in [-0.4, -0.2) is 20.1 Å². The van der Waals surface area contributed by atoms with Crippen LogP contribution in [0.15, 0.2) is 22.7 Å². The van der Waals surface area contributed by atoms with Gasteiger partial charge < -0.3 is 10.2 Å². The van der Waals surface area contributed by atoms with E-state index < -0.39 is 0 Å². The largest absolute Gasteiger partial charge is 0.374 e. The van der Waals surface area contributed by atoms with Crippen molar-refractivity contribution in [3.8, 4) is 0 Å². The summed E-state index contributed by atoms with van der Waals surface area (Å²) in [5.41, 5.74) is 2.75. The molecule has 1 aliphatic carbocycles. The van der Waals surface area contributed by atoms with E-state index in [0.717, 1.165) is 29.4 Å². The van der Waals surface area contributed by atoms with Gasteiger partial charge in [0.15, 0.2) is 0 Å². The molecule has 0 aromatic heterocycles. The molecule has 112 valence electrons. The van der Waals surface area contributed by atoms with Gasteiger partial charge >= 0.3 is 0 Å². The molecule has 1 aromatic rings. The first kappa shape index (κ1) is 15.8. The maximum Gasteiger partial charge on any atom is 0.0410 e. The molecule has 3 heteroatoms. The zero-order chi connectivity index (χ0) is 14.7. The summed E-state index contributed by atoms with van der Waals surface area (Å²) in [6.45, 7) is 10.0. The van der Waals surface area contributed by atoms with Crippen LogP contribution in [0.5, 0.6) is 0 Å². The van der Waals surface area contributed by atoms with Crippen LogP contribution in [0.1, 0.15) is 32.8 Å². The molecule has 0 spiro atoms. The third-order valence-electron chi connectivity index (χ3n) is 4.11. The molecule has 2 rings (SSSR count). The summed E-state index contributed by atoms with van der Waals surface area (Å²) in [5, 5.41) is 3.55. The molecule has 1 saturated carbocycles. The Morgan fingerprint density at radius 1 is 1.40 bits per heavy atom. The molecule has 20 heavy (non-hydrogen) atoms. The maximum absolute atomic E-state index is 3.59. The van der Waals surface area contributed by atoms with Crippen LogP contribution >= 0.6 is 15.9 Å². The van der Waals surface area contributed by atoms with Crippen LogP contribution in [0.2, 0.25) is 0 Å². The smallest absolute Gasteiger partial charge is 0.0410 e. The fraction of sp³-hybridized carbons (Fsp3) is 0.647. The lowest BCUT2D eigenvalue weighted by atomic mass is 10.1. The second-order valence-electron chi connectivity index (χ2n) is 6.65. The predicted molar refractivity (Wildman–Crippen MR) is 91.2 cm³/mol. The van der Waals surface area contributed by atoms with Crippen molar-refractivity contribution in [2.24, 2.45) is 17.8 Å². The van der Waals surface area contributed by atoms with Crippen molar-refractivity contribution in [1.29, 1.82) is 0 Å². The number of nitrogens with zero attached hydrogens (tertiary/aromatic N) is 1. The number of hydrogen-bond donors (Lipinski definition) is 1. The lowest BCUT2D eigenvalue weighted by molar-refractivity contribution is 0.552. The normalized spacial score (nSPS) is 21.3. The van der Waals surface area contributed by atoms with Gasteiger partial charge in [-0.05, 0) is 54.5 Å². The van der Waals surface area contributed by atoms with E-state index in [2.05, 4.69) is 72.2 Å². The second-order valence-corrected chi connectivity index (χ2v) is 7.57. The van der Waals surface area contributed by atoms with Crippen molar-refractivity contribution in [2.75, 3.05) is 25.0 Å². The minimum atomic E-state index is 0.690. The summed E-state index contributed by atoms with van der Waals surface area (Å²) in [5.74, 6) is 2.49. The van der Waals surface area contributed by atoms with Gasteiger partial charge in [-0.2, -0.15) is 0 Å². The predicted octanol–water partition coefficient (Wildman–Crippen LogP) is 4.29. The Balaban J connectivity index is 2.02. The van der Waals surface area contributed by atoms with E-state index in [0.29, 0.717) is 5.92 Å². The van der Waals surface area contributed by atoms with Gasteiger partial charge in [0.25, 0.3) is 0 Å². The molecule has 0 bridgehead atoms. The molecule has 1 fully saturated rings. The molecule has 1 aromatic carbocycles. The lowest BCUT2D eigenvalue weighted by Crippen LogP contribution is -2.24. The van der Waals surface area contributed by atoms with E-state index in [1.807, 2.05) is 0 Å². The molecule has 2 nitrogen and oxygen atoms in total. The van der Waals surface area contributed by atoms with Crippen LogP contribution in [0.3, 0.4) is 0 Å². The van der Waals surface area contributed by atoms with Crippen molar-refractivity contribution in [3.05, 3.63) is 28.2 Å². The zero-order valence-electron chi connectivity index (χ0n) is 13.1. The monoisotopic (exact) mass is 338 g/mol. The van der Waals surface area contributed by atoms with E-state index >= 15 is 0 Å². The lowest BCUT2D eigenvalue weighted by Gasteiger charge is -2.23. The molecular formula is C17H27BrN2. The summed E-state index contributed by atoms with van der Waals surface area (Å²) in [7, 11) is 2.22. The average molecular weight is 339 g/mol. The Hall–Kier alpha value is -0.540. The molecule has 1 aliphatic rings. The second kappa shape index (κ2) is 6.95. The highest BCUT2D eigenvalue weighted by atomic mass is 79.9. The van der Waals surface area contributed by atoms with Gasteiger partial charge in [-0.25, -0.2) is 0 Å². The quantitative estimate of drug-likeness (QED) is 0.797. The summed E-state index contributed by atoms with van der Waals surface area (Å²) < 4.78 is 1.16. The van der Waals surface area contributed by atoms with Crippen LogP contribution in [0.25, 0.3) is 0 Å². The Morgan fingerprint density at radius 2 is 2.10 bits per heavy atom. The topological polar surface area (TPSA) is 15.3 Å². The van der Waals surface area contributed by atoms with Crippen LogP contribution in [0.4, 0.5) is 5.69 Å².